The fourth-order valence-corrected chi connectivity index (χ4v) is 7.91. The number of benzene rings is 2. The molecule has 4 aliphatic rings. The lowest BCUT2D eigenvalue weighted by atomic mass is 9.76. The van der Waals surface area contributed by atoms with Crippen molar-refractivity contribution in [1.82, 2.24) is 34.9 Å². The first-order valence-electron chi connectivity index (χ1n) is 15.3. The summed E-state index contributed by atoms with van der Waals surface area (Å²) >= 11 is 13.1. The molecule has 5 atom stereocenters. The van der Waals surface area contributed by atoms with Crippen LogP contribution >= 0.6 is 23.2 Å². The SMILES string of the molecule is CCOC(=O)N1CCN(C(=O)[C@H]2[C@H]3C(=O)N([C@H](c4ccc(Cl)cc4Cl)c4nnnn4-c4c(C)cccc4C)C[C@@]34C=C[C@H]2O4)CC1. The van der Waals surface area contributed by atoms with Gasteiger partial charge in [0.15, 0.2) is 5.82 Å². The third kappa shape index (κ3) is 4.85. The number of ether oxygens (including phenoxy) is 2. The summed E-state index contributed by atoms with van der Waals surface area (Å²) in [4.78, 5) is 46.0. The summed E-state index contributed by atoms with van der Waals surface area (Å²) in [5.41, 5.74) is 2.31. The molecule has 1 spiro atoms. The molecular weight excluding hydrogens is 633 g/mol. The molecule has 3 fully saturated rings. The molecule has 7 rings (SSSR count). The molecule has 5 heterocycles. The van der Waals surface area contributed by atoms with Gasteiger partial charge in [-0.25, -0.2) is 4.79 Å². The number of piperazine rings is 1. The number of para-hydroxylation sites is 1. The van der Waals surface area contributed by atoms with E-state index in [1.54, 1.807) is 44.5 Å². The minimum atomic E-state index is -0.997. The van der Waals surface area contributed by atoms with Gasteiger partial charge >= 0.3 is 6.09 Å². The first-order valence-corrected chi connectivity index (χ1v) is 16.1. The van der Waals surface area contributed by atoms with Crippen LogP contribution in [0.3, 0.4) is 0 Å². The number of rotatable bonds is 6. The second-order valence-corrected chi connectivity index (χ2v) is 13.0. The molecule has 14 heteroatoms. The first kappa shape index (κ1) is 30.6. The number of hydrogen-bond acceptors (Lipinski definition) is 8. The van der Waals surface area contributed by atoms with Gasteiger partial charge < -0.3 is 24.2 Å². The topological polar surface area (TPSA) is 123 Å². The minimum absolute atomic E-state index is 0.165. The van der Waals surface area contributed by atoms with Crippen LogP contribution in [0, 0.1) is 25.7 Å². The molecule has 0 radical (unpaired) electrons. The number of hydrogen-bond donors (Lipinski definition) is 0. The summed E-state index contributed by atoms with van der Waals surface area (Å²) in [7, 11) is 0. The minimum Gasteiger partial charge on any atom is -0.450 e. The number of halogens is 2. The highest BCUT2D eigenvalue weighted by Gasteiger charge is 2.68. The summed E-state index contributed by atoms with van der Waals surface area (Å²) in [6.07, 6.45) is 2.88. The van der Waals surface area contributed by atoms with Crippen molar-refractivity contribution in [2.75, 3.05) is 39.3 Å². The van der Waals surface area contributed by atoms with Crippen LogP contribution in [0.5, 0.6) is 0 Å². The molecule has 3 amide bonds. The maximum Gasteiger partial charge on any atom is 0.409 e. The zero-order valence-corrected chi connectivity index (χ0v) is 27.1. The first-order chi connectivity index (χ1) is 22.1. The Kier molecular flexibility index (Phi) is 7.77. The van der Waals surface area contributed by atoms with E-state index in [9.17, 15) is 14.4 Å². The Bertz CT molecular complexity index is 1740. The number of fused-ring (bicyclic) bond motifs is 1. The molecule has 0 unspecified atom stereocenters. The number of nitrogens with zero attached hydrogens (tertiary/aromatic N) is 7. The number of likely N-dealkylation sites (tertiary alicyclic amines) is 1. The fraction of sp³-hybridized carbons (Fsp3) is 0.438. The van der Waals surface area contributed by atoms with Crippen LogP contribution in [-0.4, -0.2) is 104 Å². The van der Waals surface area contributed by atoms with Crippen LogP contribution in [-0.2, 0) is 19.1 Å². The molecule has 0 saturated carbocycles. The van der Waals surface area contributed by atoms with Crippen molar-refractivity contribution in [3.05, 3.63) is 81.1 Å². The molecule has 2 bridgehead atoms. The van der Waals surface area contributed by atoms with Crippen molar-refractivity contribution >= 4 is 41.1 Å². The maximum absolute atomic E-state index is 14.7. The van der Waals surface area contributed by atoms with Crippen LogP contribution in [0.4, 0.5) is 4.79 Å². The van der Waals surface area contributed by atoms with Crippen LogP contribution < -0.4 is 0 Å². The van der Waals surface area contributed by atoms with E-state index in [-0.39, 0.29) is 25.0 Å². The highest BCUT2D eigenvalue weighted by Crippen LogP contribution is 2.54. The quantitative estimate of drug-likeness (QED) is 0.365. The van der Waals surface area contributed by atoms with E-state index >= 15 is 0 Å². The van der Waals surface area contributed by atoms with E-state index in [4.69, 9.17) is 32.7 Å². The number of aryl methyl sites for hydroxylation is 2. The van der Waals surface area contributed by atoms with Gasteiger partial charge in [0.1, 0.15) is 11.6 Å². The Morgan fingerprint density at radius 2 is 1.80 bits per heavy atom. The van der Waals surface area contributed by atoms with E-state index in [1.165, 1.54) is 0 Å². The van der Waals surface area contributed by atoms with E-state index in [2.05, 4.69) is 15.5 Å². The van der Waals surface area contributed by atoms with Crippen molar-refractivity contribution in [2.24, 2.45) is 11.8 Å². The third-order valence-corrected chi connectivity index (χ3v) is 10.1. The van der Waals surface area contributed by atoms with Crippen LogP contribution in [0.1, 0.15) is 35.5 Å². The molecule has 2 aromatic carbocycles. The van der Waals surface area contributed by atoms with Crippen molar-refractivity contribution < 1.29 is 23.9 Å². The van der Waals surface area contributed by atoms with Crippen LogP contribution in [0.15, 0.2) is 48.6 Å². The second kappa shape index (κ2) is 11.7. The lowest BCUT2D eigenvalue weighted by molar-refractivity contribution is -0.144. The Labute approximate surface area is 275 Å². The van der Waals surface area contributed by atoms with E-state index in [0.717, 1.165) is 16.8 Å². The predicted molar refractivity (Wildman–Crippen MR) is 168 cm³/mol. The zero-order chi connectivity index (χ0) is 32.3. The second-order valence-electron chi connectivity index (χ2n) is 12.1. The number of tetrazole rings is 1. The largest absolute Gasteiger partial charge is 0.450 e. The summed E-state index contributed by atoms with van der Waals surface area (Å²) in [6.45, 7) is 7.56. The molecule has 12 nitrogen and oxygen atoms in total. The van der Waals surface area contributed by atoms with E-state index < -0.39 is 35.7 Å². The molecule has 4 aliphatic heterocycles. The summed E-state index contributed by atoms with van der Waals surface area (Å²) in [5, 5.41) is 13.6. The normalized spacial score (nSPS) is 25.7. The molecule has 46 heavy (non-hydrogen) atoms. The lowest BCUT2D eigenvalue weighted by Gasteiger charge is -2.37. The Hall–Kier alpha value is -4.00. The van der Waals surface area contributed by atoms with Crippen molar-refractivity contribution in [1.29, 1.82) is 0 Å². The van der Waals surface area contributed by atoms with Gasteiger partial charge in [-0.15, -0.1) is 5.10 Å². The summed E-state index contributed by atoms with van der Waals surface area (Å²) < 4.78 is 13.3. The van der Waals surface area contributed by atoms with Crippen molar-refractivity contribution in [2.45, 2.75) is 38.5 Å². The predicted octanol–water partition coefficient (Wildman–Crippen LogP) is 3.76. The fourth-order valence-electron chi connectivity index (χ4n) is 7.40. The van der Waals surface area contributed by atoms with E-state index in [1.807, 2.05) is 44.2 Å². The van der Waals surface area contributed by atoms with Crippen molar-refractivity contribution in [3.63, 3.8) is 0 Å². The monoisotopic (exact) mass is 665 g/mol. The van der Waals surface area contributed by atoms with Crippen LogP contribution in [0.2, 0.25) is 10.0 Å². The molecule has 0 N–H and O–H groups in total. The smallest absolute Gasteiger partial charge is 0.409 e. The molecular formula is C32H33Cl2N7O5. The summed E-state index contributed by atoms with van der Waals surface area (Å²) in [5.74, 6) is -1.49. The summed E-state index contributed by atoms with van der Waals surface area (Å²) in [6, 6.07) is 10.2. The highest BCUT2D eigenvalue weighted by molar-refractivity contribution is 6.35. The zero-order valence-electron chi connectivity index (χ0n) is 25.6. The van der Waals surface area contributed by atoms with Gasteiger partial charge in [-0.1, -0.05) is 59.6 Å². The Balaban J connectivity index is 1.24. The molecule has 1 aromatic heterocycles. The average molecular weight is 667 g/mol. The van der Waals surface area contributed by atoms with Crippen LogP contribution in [0.25, 0.3) is 5.69 Å². The van der Waals surface area contributed by atoms with Gasteiger partial charge in [-0.2, -0.15) is 4.68 Å². The lowest BCUT2D eigenvalue weighted by Crippen LogP contribution is -2.54. The van der Waals surface area contributed by atoms with E-state index in [0.29, 0.717) is 47.6 Å². The van der Waals surface area contributed by atoms with Gasteiger partial charge in [0.2, 0.25) is 11.8 Å². The standard InChI is InChI=1S/C32H33Cl2N7O5/c1-4-45-31(44)39-14-12-38(13-15-39)29(42)24-23-10-11-32(46-23)17-40(30(43)25(24)32)27(21-9-8-20(33)16-22(21)34)28-35-36-37-41(28)26-18(2)6-5-7-19(26)3/h5-11,16,23-25,27H,4,12-15,17H2,1-3H3/t23-,24-,25+,27-,32+/m1/s1. The van der Waals surface area contributed by atoms with Gasteiger partial charge in [-0.3, -0.25) is 9.59 Å². The number of amides is 3. The van der Waals surface area contributed by atoms with Gasteiger partial charge in [0.05, 0.1) is 36.8 Å². The van der Waals surface area contributed by atoms with Gasteiger partial charge in [-0.05, 0) is 54.5 Å². The van der Waals surface area contributed by atoms with Gasteiger partial charge in [0, 0.05) is 41.8 Å². The number of carbonyl (C=O) groups is 3. The van der Waals surface area contributed by atoms with Gasteiger partial charge in [0.25, 0.3) is 0 Å². The molecule has 0 aliphatic carbocycles. The Morgan fingerprint density at radius 3 is 2.50 bits per heavy atom. The highest BCUT2D eigenvalue weighted by atomic mass is 35.5. The number of carbonyl (C=O) groups excluding carboxylic acids is 3. The maximum atomic E-state index is 14.7. The molecule has 3 aromatic rings. The molecule has 240 valence electrons. The third-order valence-electron chi connectivity index (χ3n) is 9.49. The average Bonchev–Trinajstić information content (AvgIpc) is 3.80. The molecule has 3 saturated heterocycles. The van der Waals surface area contributed by atoms with Crippen molar-refractivity contribution in [3.8, 4) is 5.69 Å². The number of aromatic nitrogens is 4. The Morgan fingerprint density at radius 1 is 1.09 bits per heavy atom.